The van der Waals surface area contributed by atoms with Crippen LogP contribution in [0.1, 0.15) is 51.9 Å². The van der Waals surface area contributed by atoms with E-state index >= 15 is 0 Å². The van der Waals surface area contributed by atoms with E-state index in [4.69, 9.17) is 4.74 Å². The molecule has 0 atom stereocenters. The zero-order valence-electron chi connectivity index (χ0n) is 12.4. The molecule has 1 saturated carbocycles. The fourth-order valence-electron chi connectivity index (χ4n) is 2.50. The predicted molar refractivity (Wildman–Crippen MR) is 75.9 cm³/mol. The summed E-state index contributed by atoms with van der Waals surface area (Å²) in [6.45, 7) is 2.13. The summed E-state index contributed by atoms with van der Waals surface area (Å²) in [6.07, 6.45) is 4.50. The van der Waals surface area contributed by atoms with Crippen LogP contribution in [0.15, 0.2) is 0 Å². The standard InChI is InChI=1S/C14H24N2O5/c1-2-21-11(17)7-10-15-13(20)16-14(12(18)19)8-5-3-4-6-9-14/h2-10H2,1H3,(H,18,19)(H2,15,16,20). The smallest absolute Gasteiger partial charge is 0.329 e. The van der Waals surface area contributed by atoms with E-state index in [0.29, 0.717) is 19.4 Å². The number of hydrogen-bond acceptors (Lipinski definition) is 4. The highest BCUT2D eigenvalue weighted by molar-refractivity contribution is 5.86. The van der Waals surface area contributed by atoms with Gasteiger partial charge >= 0.3 is 18.0 Å². The molecule has 120 valence electrons. The molecule has 0 saturated heterocycles. The average molecular weight is 300 g/mol. The number of hydrogen-bond donors (Lipinski definition) is 3. The van der Waals surface area contributed by atoms with Crippen molar-refractivity contribution in [1.82, 2.24) is 10.6 Å². The van der Waals surface area contributed by atoms with Crippen molar-refractivity contribution in [3.05, 3.63) is 0 Å². The Balaban J connectivity index is 2.45. The molecule has 1 rings (SSSR count). The fourth-order valence-corrected chi connectivity index (χ4v) is 2.50. The normalized spacial score (nSPS) is 17.4. The second-order valence-corrected chi connectivity index (χ2v) is 5.24. The van der Waals surface area contributed by atoms with Gasteiger partial charge in [-0.25, -0.2) is 9.59 Å². The van der Waals surface area contributed by atoms with Crippen LogP contribution in [0.25, 0.3) is 0 Å². The molecule has 0 aromatic rings. The molecule has 3 N–H and O–H groups in total. The van der Waals surface area contributed by atoms with Crippen LogP contribution in [0.3, 0.4) is 0 Å². The Hall–Kier alpha value is -1.79. The summed E-state index contributed by atoms with van der Waals surface area (Å²) in [6, 6.07) is -0.552. The molecule has 1 fully saturated rings. The Morgan fingerprint density at radius 1 is 1.14 bits per heavy atom. The summed E-state index contributed by atoms with van der Waals surface area (Å²) in [7, 11) is 0. The van der Waals surface area contributed by atoms with Gasteiger partial charge < -0.3 is 20.5 Å². The lowest BCUT2D eigenvalue weighted by Gasteiger charge is -2.29. The average Bonchev–Trinajstić information content (AvgIpc) is 2.65. The first kappa shape index (κ1) is 17.3. The van der Waals surface area contributed by atoms with E-state index in [1.165, 1.54) is 0 Å². The van der Waals surface area contributed by atoms with Crippen molar-refractivity contribution in [2.75, 3.05) is 13.2 Å². The first-order valence-electron chi connectivity index (χ1n) is 7.45. The number of carbonyl (C=O) groups is 3. The number of esters is 1. The van der Waals surface area contributed by atoms with Gasteiger partial charge in [0.25, 0.3) is 0 Å². The molecule has 0 heterocycles. The maximum atomic E-state index is 11.8. The van der Waals surface area contributed by atoms with Crippen LogP contribution in [0, 0.1) is 0 Å². The number of nitrogens with one attached hydrogen (secondary N) is 2. The summed E-state index contributed by atoms with van der Waals surface area (Å²) in [5.41, 5.74) is -1.19. The van der Waals surface area contributed by atoms with Gasteiger partial charge in [-0.15, -0.1) is 0 Å². The van der Waals surface area contributed by atoms with E-state index in [1.54, 1.807) is 6.92 Å². The van der Waals surface area contributed by atoms with Crippen LogP contribution in [0.5, 0.6) is 0 Å². The Labute approximate surface area is 124 Å². The van der Waals surface area contributed by atoms with E-state index in [-0.39, 0.29) is 18.9 Å². The molecule has 7 nitrogen and oxygen atoms in total. The largest absolute Gasteiger partial charge is 0.480 e. The van der Waals surface area contributed by atoms with Crippen molar-refractivity contribution in [1.29, 1.82) is 0 Å². The second kappa shape index (κ2) is 8.49. The molecule has 0 unspecified atom stereocenters. The number of carbonyl (C=O) groups excluding carboxylic acids is 2. The van der Waals surface area contributed by atoms with Crippen LogP contribution in [-0.4, -0.2) is 41.8 Å². The quantitative estimate of drug-likeness (QED) is 0.508. The highest BCUT2D eigenvalue weighted by Gasteiger charge is 2.39. The molecule has 0 aliphatic heterocycles. The van der Waals surface area contributed by atoms with Crippen molar-refractivity contribution < 1.29 is 24.2 Å². The Morgan fingerprint density at radius 2 is 1.76 bits per heavy atom. The van der Waals surface area contributed by atoms with Crippen molar-refractivity contribution >= 4 is 18.0 Å². The second-order valence-electron chi connectivity index (χ2n) is 5.24. The van der Waals surface area contributed by atoms with Gasteiger partial charge in [0.2, 0.25) is 0 Å². The maximum absolute atomic E-state index is 11.8. The summed E-state index contributed by atoms with van der Waals surface area (Å²) in [5.74, 6) is -1.38. The highest BCUT2D eigenvalue weighted by atomic mass is 16.5. The van der Waals surface area contributed by atoms with Crippen LogP contribution >= 0.6 is 0 Å². The van der Waals surface area contributed by atoms with Crippen molar-refractivity contribution in [3.8, 4) is 0 Å². The third-order valence-electron chi connectivity index (χ3n) is 3.64. The highest BCUT2D eigenvalue weighted by Crippen LogP contribution is 2.27. The number of aliphatic carboxylic acids is 1. The molecule has 0 aromatic carbocycles. The summed E-state index contributed by atoms with van der Waals surface area (Å²) in [4.78, 5) is 34.5. The third kappa shape index (κ3) is 5.61. The zero-order chi connectivity index (χ0) is 15.7. The molecular formula is C14H24N2O5. The van der Waals surface area contributed by atoms with Crippen LogP contribution in [0.2, 0.25) is 0 Å². The van der Waals surface area contributed by atoms with Crippen LogP contribution < -0.4 is 10.6 Å². The zero-order valence-corrected chi connectivity index (χ0v) is 12.4. The first-order chi connectivity index (χ1) is 10.00. The summed E-state index contributed by atoms with van der Waals surface area (Å²) in [5, 5.41) is 14.5. The predicted octanol–water partition coefficient (Wildman–Crippen LogP) is 1.42. The maximum Gasteiger partial charge on any atom is 0.329 e. The molecule has 7 heteroatoms. The van der Waals surface area contributed by atoms with E-state index in [0.717, 1.165) is 25.7 Å². The minimum atomic E-state index is -1.19. The third-order valence-corrected chi connectivity index (χ3v) is 3.64. The van der Waals surface area contributed by atoms with E-state index in [2.05, 4.69) is 10.6 Å². The Kier molecular flexibility index (Phi) is 6.98. The Bertz CT molecular complexity index is 376. The topological polar surface area (TPSA) is 105 Å². The minimum absolute atomic E-state index is 0.0708. The van der Waals surface area contributed by atoms with Gasteiger partial charge in [0.05, 0.1) is 13.0 Å². The number of amides is 2. The van der Waals surface area contributed by atoms with Crippen LogP contribution in [-0.2, 0) is 14.3 Å². The van der Waals surface area contributed by atoms with Crippen LogP contribution in [0.4, 0.5) is 4.79 Å². The Morgan fingerprint density at radius 3 is 2.29 bits per heavy atom. The molecule has 0 aromatic heterocycles. The van der Waals surface area contributed by atoms with E-state index < -0.39 is 17.5 Å². The molecule has 2 amide bonds. The lowest BCUT2D eigenvalue weighted by Crippen LogP contribution is -2.57. The number of urea groups is 1. The van der Waals surface area contributed by atoms with Gasteiger partial charge in [-0.3, -0.25) is 4.79 Å². The van der Waals surface area contributed by atoms with Crippen molar-refractivity contribution in [2.24, 2.45) is 0 Å². The number of rotatable bonds is 6. The van der Waals surface area contributed by atoms with Gasteiger partial charge in [-0.2, -0.15) is 0 Å². The molecule has 0 radical (unpaired) electrons. The van der Waals surface area contributed by atoms with Gasteiger partial charge in [-0.05, 0) is 19.8 Å². The van der Waals surface area contributed by atoms with Gasteiger partial charge in [-0.1, -0.05) is 25.7 Å². The van der Waals surface area contributed by atoms with Gasteiger partial charge in [0.15, 0.2) is 0 Å². The molecular weight excluding hydrogens is 276 g/mol. The molecule has 0 bridgehead atoms. The number of ether oxygens (including phenoxy) is 1. The molecule has 1 aliphatic rings. The first-order valence-corrected chi connectivity index (χ1v) is 7.45. The van der Waals surface area contributed by atoms with Crippen molar-refractivity contribution in [3.63, 3.8) is 0 Å². The summed E-state index contributed by atoms with van der Waals surface area (Å²) >= 11 is 0. The SMILES string of the molecule is CCOC(=O)CCNC(=O)NC1(C(=O)O)CCCCCC1. The number of carboxylic acids is 1. The van der Waals surface area contributed by atoms with Gasteiger partial charge in [0, 0.05) is 6.54 Å². The minimum Gasteiger partial charge on any atom is -0.480 e. The lowest BCUT2D eigenvalue weighted by molar-refractivity contribution is -0.145. The van der Waals surface area contributed by atoms with E-state index in [9.17, 15) is 19.5 Å². The van der Waals surface area contributed by atoms with Crippen molar-refractivity contribution in [2.45, 2.75) is 57.4 Å². The fraction of sp³-hybridized carbons (Fsp3) is 0.786. The van der Waals surface area contributed by atoms with Gasteiger partial charge in [0.1, 0.15) is 5.54 Å². The molecule has 0 spiro atoms. The molecule has 21 heavy (non-hydrogen) atoms. The monoisotopic (exact) mass is 300 g/mol. The lowest BCUT2D eigenvalue weighted by atomic mass is 9.90. The molecule has 1 aliphatic carbocycles. The summed E-state index contributed by atoms with van der Waals surface area (Å²) < 4.78 is 4.74. The van der Waals surface area contributed by atoms with E-state index in [1.807, 2.05) is 0 Å². The number of carboxylic acid groups (broad SMARTS) is 1.